The number of hydrogen-bond donors (Lipinski definition) is 2. The SMILES string of the molecule is CCNC(=O)c1cc(S(=O)(=O)NCC(C)C)ccc1C. The van der Waals surface area contributed by atoms with Crippen LogP contribution in [-0.4, -0.2) is 27.4 Å². The van der Waals surface area contributed by atoms with Gasteiger partial charge in [-0.2, -0.15) is 0 Å². The summed E-state index contributed by atoms with van der Waals surface area (Å²) >= 11 is 0. The monoisotopic (exact) mass is 298 g/mol. The van der Waals surface area contributed by atoms with Crippen molar-refractivity contribution in [2.75, 3.05) is 13.1 Å². The fourth-order valence-electron chi connectivity index (χ4n) is 1.63. The molecule has 112 valence electrons. The van der Waals surface area contributed by atoms with Crippen LogP contribution in [0.1, 0.15) is 36.7 Å². The Morgan fingerprint density at radius 3 is 2.50 bits per heavy atom. The first-order valence-corrected chi connectivity index (χ1v) is 8.14. The predicted octanol–water partition coefficient (Wildman–Crippen LogP) is 1.68. The smallest absolute Gasteiger partial charge is 0.251 e. The van der Waals surface area contributed by atoms with Gasteiger partial charge in [0.2, 0.25) is 10.0 Å². The zero-order valence-electron chi connectivity index (χ0n) is 12.4. The lowest BCUT2D eigenvalue weighted by Crippen LogP contribution is -2.28. The van der Waals surface area contributed by atoms with Crippen molar-refractivity contribution in [1.82, 2.24) is 10.0 Å². The van der Waals surface area contributed by atoms with Crippen LogP contribution in [0.3, 0.4) is 0 Å². The highest BCUT2D eigenvalue weighted by Crippen LogP contribution is 2.16. The molecule has 0 aromatic heterocycles. The van der Waals surface area contributed by atoms with Crippen LogP contribution < -0.4 is 10.0 Å². The van der Waals surface area contributed by atoms with Crippen LogP contribution in [0.4, 0.5) is 0 Å². The molecule has 0 fully saturated rings. The Hall–Kier alpha value is -1.40. The van der Waals surface area contributed by atoms with Gasteiger partial charge in [0.1, 0.15) is 0 Å². The van der Waals surface area contributed by atoms with Crippen molar-refractivity contribution in [2.45, 2.75) is 32.6 Å². The van der Waals surface area contributed by atoms with Crippen molar-refractivity contribution in [2.24, 2.45) is 5.92 Å². The molecule has 0 radical (unpaired) electrons. The number of amides is 1. The maximum absolute atomic E-state index is 12.1. The fraction of sp³-hybridized carbons (Fsp3) is 0.500. The average Bonchev–Trinajstić information content (AvgIpc) is 2.37. The Labute approximate surface area is 120 Å². The van der Waals surface area contributed by atoms with Crippen molar-refractivity contribution in [1.29, 1.82) is 0 Å². The van der Waals surface area contributed by atoms with Gasteiger partial charge in [0, 0.05) is 18.7 Å². The third kappa shape index (κ3) is 4.31. The van der Waals surface area contributed by atoms with E-state index in [9.17, 15) is 13.2 Å². The molecule has 0 aliphatic carbocycles. The first-order valence-electron chi connectivity index (χ1n) is 6.66. The van der Waals surface area contributed by atoms with Crippen molar-refractivity contribution >= 4 is 15.9 Å². The van der Waals surface area contributed by atoms with Gasteiger partial charge in [-0.25, -0.2) is 13.1 Å². The molecule has 0 saturated carbocycles. The fourth-order valence-corrected chi connectivity index (χ4v) is 2.87. The number of nitrogens with one attached hydrogen (secondary N) is 2. The summed E-state index contributed by atoms with van der Waals surface area (Å²) in [5.41, 5.74) is 1.14. The molecule has 1 amide bonds. The third-order valence-corrected chi connectivity index (χ3v) is 4.20. The number of carbonyl (C=O) groups is 1. The largest absolute Gasteiger partial charge is 0.352 e. The van der Waals surface area contributed by atoms with E-state index in [1.54, 1.807) is 13.0 Å². The summed E-state index contributed by atoms with van der Waals surface area (Å²) in [6.07, 6.45) is 0. The lowest BCUT2D eigenvalue weighted by atomic mass is 10.1. The van der Waals surface area contributed by atoms with E-state index >= 15 is 0 Å². The van der Waals surface area contributed by atoms with Crippen LogP contribution in [-0.2, 0) is 10.0 Å². The normalized spacial score (nSPS) is 11.7. The minimum absolute atomic E-state index is 0.116. The molecule has 6 heteroatoms. The van der Waals surface area contributed by atoms with Crippen LogP contribution in [0, 0.1) is 12.8 Å². The van der Waals surface area contributed by atoms with E-state index in [1.165, 1.54) is 12.1 Å². The van der Waals surface area contributed by atoms with Crippen LogP contribution in [0.15, 0.2) is 23.1 Å². The van der Waals surface area contributed by atoms with Crippen molar-refractivity contribution in [3.05, 3.63) is 29.3 Å². The molecule has 1 rings (SSSR count). The molecule has 0 heterocycles. The first kappa shape index (κ1) is 16.7. The molecule has 0 saturated heterocycles. The van der Waals surface area contributed by atoms with E-state index in [2.05, 4.69) is 10.0 Å². The molecule has 2 N–H and O–H groups in total. The molecular weight excluding hydrogens is 276 g/mol. The number of aryl methyl sites for hydroxylation is 1. The highest BCUT2D eigenvalue weighted by Gasteiger charge is 2.17. The Morgan fingerprint density at radius 1 is 1.30 bits per heavy atom. The Bertz CT molecular complexity index is 580. The number of sulfonamides is 1. The van der Waals surface area contributed by atoms with Gasteiger partial charge in [-0.05, 0) is 37.5 Å². The van der Waals surface area contributed by atoms with Gasteiger partial charge in [-0.15, -0.1) is 0 Å². The van der Waals surface area contributed by atoms with Crippen LogP contribution in [0.2, 0.25) is 0 Å². The molecule has 20 heavy (non-hydrogen) atoms. The second-order valence-corrected chi connectivity index (χ2v) is 6.85. The van der Waals surface area contributed by atoms with Crippen LogP contribution in [0.5, 0.6) is 0 Å². The highest BCUT2D eigenvalue weighted by atomic mass is 32.2. The summed E-state index contributed by atoms with van der Waals surface area (Å²) in [7, 11) is -3.57. The summed E-state index contributed by atoms with van der Waals surface area (Å²) in [5, 5.41) is 2.68. The molecule has 5 nitrogen and oxygen atoms in total. The van der Waals surface area contributed by atoms with Crippen molar-refractivity contribution < 1.29 is 13.2 Å². The predicted molar refractivity (Wildman–Crippen MR) is 79.2 cm³/mol. The standard InChI is InChI=1S/C14H22N2O3S/c1-5-15-14(17)13-8-12(7-6-11(13)4)20(18,19)16-9-10(2)3/h6-8,10,16H,5,9H2,1-4H3,(H,15,17). The summed E-state index contributed by atoms with van der Waals surface area (Å²) in [5.74, 6) is -0.0380. The van der Waals surface area contributed by atoms with Crippen molar-refractivity contribution in [3.63, 3.8) is 0 Å². The minimum Gasteiger partial charge on any atom is -0.352 e. The van der Waals surface area contributed by atoms with Crippen LogP contribution in [0.25, 0.3) is 0 Å². The molecule has 0 aliphatic rings. The highest BCUT2D eigenvalue weighted by molar-refractivity contribution is 7.89. The first-order chi connectivity index (χ1) is 9.27. The second-order valence-electron chi connectivity index (χ2n) is 5.08. The van der Waals surface area contributed by atoms with E-state index in [4.69, 9.17) is 0 Å². The second kappa shape index (κ2) is 6.85. The molecule has 0 aliphatic heterocycles. The van der Waals surface area contributed by atoms with Crippen molar-refractivity contribution in [3.8, 4) is 0 Å². The average molecular weight is 298 g/mol. The van der Waals surface area contributed by atoms with Crippen LogP contribution >= 0.6 is 0 Å². The molecule has 0 bridgehead atoms. The molecule has 0 atom stereocenters. The van der Waals surface area contributed by atoms with Gasteiger partial charge in [-0.3, -0.25) is 4.79 Å². The summed E-state index contributed by atoms with van der Waals surface area (Å²) in [4.78, 5) is 12.0. The number of hydrogen-bond acceptors (Lipinski definition) is 3. The number of benzene rings is 1. The molecule has 0 unspecified atom stereocenters. The molecule has 0 spiro atoms. The third-order valence-electron chi connectivity index (χ3n) is 2.78. The van der Waals surface area contributed by atoms with E-state index < -0.39 is 10.0 Å². The van der Waals surface area contributed by atoms with Gasteiger partial charge < -0.3 is 5.32 Å². The lowest BCUT2D eigenvalue weighted by Gasteiger charge is -2.11. The van der Waals surface area contributed by atoms with Gasteiger partial charge in [0.15, 0.2) is 0 Å². The number of rotatable bonds is 6. The quantitative estimate of drug-likeness (QED) is 0.839. The van der Waals surface area contributed by atoms with Gasteiger partial charge in [0.25, 0.3) is 5.91 Å². The summed E-state index contributed by atoms with van der Waals surface area (Å²) in [6, 6.07) is 4.58. The minimum atomic E-state index is -3.57. The Balaban J connectivity index is 3.08. The van der Waals surface area contributed by atoms with Gasteiger partial charge in [0.05, 0.1) is 4.90 Å². The van der Waals surface area contributed by atoms with Gasteiger partial charge >= 0.3 is 0 Å². The topological polar surface area (TPSA) is 75.3 Å². The number of carbonyl (C=O) groups excluding carboxylic acids is 1. The Morgan fingerprint density at radius 2 is 1.95 bits per heavy atom. The van der Waals surface area contributed by atoms with E-state index in [0.717, 1.165) is 5.56 Å². The van der Waals surface area contributed by atoms with E-state index in [1.807, 2.05) is 20.8 Å². The van der Waals surface area contributed by atoms with Gasteiger partial charge in [-0.1, -0.05) is 19.9 Å². The Kier molecular flexibility index (Phi) is 5.71. The molecule has 1 aromatic carbocycles. The summed E-state index contributed by atoms with van der Waals surface area (Å²) < 4.78 is 26.8. The molecular formula is C14H22N2O3S. The van der Waals surface area contributed by atoms with E-state index in [-0.39, 0.29) is 16.7 Å². The summed E-state index contributed by atoms with van der Waals surface area (Å²) in [6.45, 7) is 8.32. The zero-order chi connectivity index (χ0) is 15.3. The maximum atomic E-state index is 12.1. The zero-order valence-corrected chi connectivity index (χ0v) is 13.2. The van der Waals surface area contributed by atoms with E-state index in [0.29, 0.717) is 18.7 Å². The lowest BCUT2D eigenvalue weighted by molar-refractivity contribution is 0.0955. The maximum Gasteiger partial charge on any atom is 0.251 e. The molecule has 1 aromatic rings.